The van der Waals surface area contributed by atoms with Crippen molar-refractivity contribution in [2.24, 2.45) is 0 Å². The number of amides is 1. The summed E-state index contributed by atoms with van der Waals surface area (Å²) >= 11 is 0. The van der Waals surface area contributed by atoms with Crippen LogP contribution in [0.1, 0.15) is 12.0 Å². The molecule has 1 radical (unpaired) electrons. The largest absolute Gasteiger partial charge is 0.493 e. The zero-order valence-electron chi connectivity index (χ0n) is 8.87. The molecule has 15 heavy (non-hydrogen) atoms. The molecular formula is C11H14NO3. The molecule has 0 aliphatic carbocycles. The summed E-state index contributed by atoms with van der Waals surface area (Å²) in [7, 11) is 3.13. The summed E-state index contributed by atoms with van der Waals surface area (Å²) in [4.78, 5) is 10.6. The first kappa shape index (κ1) is 11.4. The van der Waals surface area contributed by atoms with Crippen LogP contribution in [-0.4, -0.2) is 20.1 Å². The highest BCUT2D eigenvalue weighted by Gasteiger charge is 2.09. The first-order chi connectivity index (χ1) is 7.19. The van der Waals surface area contributed by atoms with Crippen LogP contribution in [0.5, 0.6) is 11.5 Å². The predicted molar refractivity (Wildman–Crippen MR) is 56.0 cm³/mol. The Morgan fingerprint density at radius 3 is 2.60 bits per heavy atom. The van der Waals surface area contributed by atoms with Crippen molar-refractivity contribution in [1.82, 2.24) is 5.73 Å². The lowest BCUT2D eigenvalue weighted by molar-refractivity contribution is -0.118. The first-order valence-electron chi connectivity index (χ1n) is 4.63. The zero-order chi connectivity index (χ0) is 11.3. The fourth-order valence-electron chi connectivity index (χ4n) is 1.40. The second-order valence-corrected chi connectivity index (χ2v) is 3.08. The van der Waals surface area contributed by atoms with Crippen molar-refractivity contribution in [2.45, 2.75) is 12.8 Å². The van der Waals surface area contributed by atoms with Gasteiger partial charge in [0.1, 0.15) is 0 Å². The topological polar surface area (TPSA) is 59.3 Å². The summed E-state index contributed by atoms with van der Waals surface area (Å²) in [6.45, 7) is 0. The van der Waals surface area contributed by atoms with E-state index in [2.05, 4.69) is 0 Å². The van der Waals surface area contributed by atoms with Gasteiger partial charge in [-0.1, -0.05) is 12.1 Å². The van der Waals surface area contributed by atoms with Gasteiger partial charge >= 0.3 is 0 Å². The van der Waals surface area contributed by atoms with Gasteiger partial charge in [0, 0.05) is 6.42 Å². The van der Waals surface area contributed by atoms with E-state index in [-0.39, 0.29) is 6.42 Å². The van der Waals surface area contributed by atoms with Gasteiger partial charge < -0.3 is 9.47 Å². The van der Waals surface area contributed by atoms with Gasteiger partial charge in [0.05, 0.1) is 14.2 Å². The molecule has 0 unspecified atom stereocenters. The van der Waals surface area contributed by atoms with E-state index in [0.717, 1.165) is 5.56 Å². The summed E-state index contributed by atoms with van der Waals surface area (Å²) in [5.74, 6) is 0.716. The van der Waals surface area contributed by atoms with Crippen LogP contribution in [-0.2, 0) is 11.2 Å². The van der Waals surface area contributed by atoms with E-state index in [0.29, 0.717) is 17.9 Å². The Morgan fingerprint density at radius 2 is 2.07 bits per heavy atom. The number of carbonyl (C=O) groups is 1. The molecule has 1 aromatic carbocycles. The average Bonchev–Trinajstić information content (AvgIpc) is 2.25. The Hall–Kier alpha value is -1.71. The Kier molecular flexibility index (Phi) is 3.97. The van der Waals surface area contributed by atoms with Crippen LogP contribution in [0.25, 0.3) is 0 Å². The summed E-state index contributed by atoms with van der Waals surface area (Å²) in [5, 5.41) is 0. The van der Waals surface area contributed by atoms with E-state index in [9.17, 15) is 4.79 Å². The maximum Gasteiger partial charge on any atom is 0.238 e. The molecule has 1 amide bonds. The van der Waals surface area contributed by atoms with E-state index in [1.807, 2.05) is 12.1 Å². The van der Waals surface area contributed by atoms with Crippen LogP contribution in [0.4, 0.5) is 0 Å². The fourth-order valence-corrected chi connectivity index (χ4v) is 1.40. The molecule has 0 aliphatic rings. The quantitative estimate of drug-likeness (QED) is 0.735. The molecule has 0 fully saturated rings. The Balaban J connectivity index is 2.90. The lowest BCUT2D eigenvalue weighted by Gasteiger charge is -2.11. The van der Waals surface area contributed by atoms with Crippen molar-refractivity contribution in [3.8, 4) is 11.5 Å². The van der Waals surface area contributed by atoms with Gasteiger partial charge in [-0.15, -0.1) is 0 Å². The molecule has 1 N–H and O–H groups in total. The first-order valence-corrected chi connectivity index (χ1v) is 4.63. The lowest BCUT2D eigenvalue weighted by Crippen LogP contribution is -2.02. The fraction of sp³-hybridized carbons (Fsp3) is 0.364. The van der Waals surface area contributed by atoms with Gasteiger partial charge in [0.25, 0.3) is 0 Å². The lowest BCUT2D eigenvalue weighted by atomic mass is 10.1. The van der Waals surface area contributed by atoms with E-state index >= 15 is 0 Å². The normalized spacial score (nSPS) is 9.73. The van der Waals surface area contributed by atoms with E-state index in [1.165, 1.54) is 0 Å². The van der Waals surface area contributed by atoms with E-state index < -0.39 is 5.91 Å². The number of hydrogen-bond donors (Lipinski definition) is 0. The molecule has 0 bridgehead atoms. The van der Waals surface area contributed by atoms with E-state index in [4.69, 9.17) is 15.2 Å². The van der Waals surface area contributed by atoms with Crippen molar-refractivity contribution < 1.29 is 14.3 Å². The minimum atomic E-state index is -0.570. The van der Waals surface area contributed by atoms with E-state index in [1.54, 1.807) is 20.3 Å². The molecule has 0 atom stereocenters. The molecule has 0 saturated carbocycles. The highest BCUT2D eigenvalue weighted by atomic mass is 16.5. The molecule has 81 valence electrons. The van der Waals surface area contributed by atoms with Crippen LogP contribution < -0.4 is 15.2 Å². The predicted octanol–water partition coefficient (Wildman–Crippen LogP) is 1.45. The van der Waals surface area contributed by atoms with Crippen molar-refractivity contribution in [3.63, 3.8) is 0 Å². The van der Waals surface area contributed by atoms with Gasteiger partial charge in [-0.3, -0.25) is 10.5 Å². The monoisotopic (exact) mass is 208 g/mol. The van der Waals surface area contributed by atoms with Crippen LogP contribution in [0, 0.1) is 0 Å². The highest BCUT2D eigenvalue weighted by molar-refractivity contribution is 5.73. The third-order valence-electron chi connectivity index (χ3n) is 2.11. The maximum absolute atomic E-state index is 10.6. The number of methoxy groups -OCH3 is 2. The molecule has 0 aliphatic heterocycles. The molecule has 1 rings (SSSR count). The van der Waals surface area contributed by atoms with Crippen molar-refractivity contribution in [1.29, 1.82) is 0 Å². The zero-order valence-corrected chi connectivity index (χ0v) is 8.87. The third-order valence-corrected chi connectivity index (χ3v) is 2.11. The number of benzene rings is 1. The van der Waals surface area contributed by atoms with Crippen molar-refractivity contribution in [2.75, 3.05) is 14.2 Å². The minimum absolute atomic E-state index is 0.198. The number of carbonyl (C=O) groups excluding carboxylic acids is 1. The number of ether oxygens (including phenoxy) is 2. The molecule has 4 nitrogen and oxygen atoms in total. The minimum Gasteiger partial charge on any atom is -0.493 e. The van der Waals surface area contributed by atoms with Crippen LogP contribution >= 0.6 is 0 Å². The molecule has 0 heterocycles. The van der Waals surface area contributed by atoms with Crippen molar-refractivity contribution >= 4 is 5.91 Å². The SMILES string of the molecule is COc1cccc(CCC([NH])=O)c1OC. The number of hydrogen-bond acceptors (Lipinski definition) is 3. The molecule has 0 saturated heterocycles. The summed E-state index contributed by atoms with van der Waals surface area (Å²) in [6.07, 6.45) is 0.701. The molecule has 0 spiro atoms. The number of nitrogens with one attached hydrogen (secondary N) is 1. The van der Waals surface area contributed by atoms with Gasteiger partial charge in [-0.25, -0.2) is 0 Å². The number of aryl methyl sites for hydroxylation is 1. The highest BCUT2D eigenvalue weighted by Crippen LogP contribution is 2.31. The van der Waals surface area contributed by atoms with Gasteiger partial charge in [-0.2, -0.15) is 0 Å². The second-order valence-electron chi connectivity index (χ2n) is 3.08. The standard InChI is InChI=1S/C11H14NO3/c1-14-9-5-3-4-8(11(9)15-2)6-7-10(12)13/h3-5,12H,6-7H2,1-2H3. The van der Waals surface area contributed by atoms with Gasteiger partial charge in [0.15, 0.2) is 11.5 Å². The summed E-state index contributed by atoms with van der Waals surface area (Å²) < 4.78 is 10.3. The van der Waals surface area contributed by atoms with Crippen LogP contribution in [0.15, 0.2) is 18.2 Å². The molecular weight excluding hydrogens is 194 g/mol. The average molecular weight is 208 g/mol. The molecule has 1 aromatic rings. The smallest absolute Gasteiger partial charge is 0.238 e. The van der Waals surface area contributed by atoms with Gasteiger partial charge in [-0.05, 0) is 18.1 Å². The Labute approximate surface area is 89.0 Å². The summed E-state index contributed by atoms with van der Waals surface area (Å²) in [5.41, 5.74) is 7.73. The Bertz CT molecular complexity index is 350. The maximum atomic E-state index is 10.6. The molecule has 0 aromatic heterocycles. The number of rotatable bonds is 5. The number of para-hydroxylation sites is 1. The third kappa shape index (κ3) is 2.87. The van der Waals surface area contributed by atoms with Crippen LogP contribution in [0.2, 0.25) is 0 Å². The van der Waals surface area contributed by atoms with Gasteiger partial charge in [0.2, 0.25) is 5.91 Å². The summed E-state index contributed by atoms with van der Waals surface area (Å²) in [6, 6.07) is 5.50. The molecule has 4 heteroatoms. The second kappa shape index (κ2) is 5.24. The van der Waals surface area contributed by atoms with Crippen LogP contribution in [0.3, 0.4) is 0 Å². The Morgan fingerprint density at radius 1 is 1.33 bits per heavy atom. The van der Waals surface area contributed by atoms with Crippen molar-refractivity contribution in [3.05, 3.63) is 23.8 Å².